The van der Waals surface area contributed by atoms with Gasteiger partial charge >= 0.3 is 18.2 Å². The maximum absolute atomic E-state index is 12.5. The monoisotopic (exact) mass is 966 g/mol. The van der Waals surface area contributed by atoms with Gasteiger partial charge in [-0.15, -0.1) is 0 Å². The number of amides is 1. The molecule has 3 aromatic carbocycles. The van der Waals surface area contributed by atoms with Crippen LogP contribution < -0.4 is 5.32 Å². The smallest absolute Gasteiger partial charge is 0.419 e. The van der Waals surface area contributed by atoms with Crippen molar-refractivity contribution in [2.24, 2.45) is 5.92 Å². The average Bonchev–Trinajstić information content (AvgIpc) is 3.97. The Morgan fingerprint density at radius 2 is 1.06 bits per heavy atom. The molecule has 16 heteroatoms. The number of carboxylic acids is 1. The van der Waals surface area contributed by atoms with E-state index in [2.05, 4.69) is 10.3 Å². The number of fused-ring (bicyclic) bond motifs is 3. The third-order valence-corrected chi connectivity index (χ3v) is 10.3. The Bertz CT molecular complexity index is 2730. The molecule has 70 heavy (non-hydrogen) atoms. The second kappa shape index (κ2) is 26.7. The number of aromatic nitrogens is 3. The number of hydrogen-bond acceptors (Lipinski definition) is 11. The highest BCUT2D eigenvalue weighted by molar-refractivity contribution is 5.96. The molecule has 0 unspecified atom stereocenters. The third-order valence-electron chi connectivity index (χ3n) is 10.3. The number of nitrogens with zero attached hydrogens (tertiary/aromatic N) is 2. The van der Waals surface area contributed by atoms with Crippen molar-refractivity contribution >= 4 is 74.1 Å². The Morgan fingerprint density at radius 1 is 0.600 bits per heavy atom. The number of carbonyl (C=O) groups excluding carboxylic acids is 6. The maximum atomic E-state index is 12.5. The van der Waals surface area contributed by atoms with Crippen molar-refractivity contribution in [3.05, 3.63) is 108 Å². The summed E-state index contributed by atoms with van der Waals surface area (Å²) in [6.45, 7) is 17.3. The van der Waals surface area contributed by atoms with Crippen molar-refractivity contribution in [1.29, 1.82) is 0 Å². The Morgan fingerprint density at radius 3 is 1.50 bits per heavy atom. The molecule has 0 saturated heterocycles. The minimum absolute atomic E-state index is 0.00753. The minimum Gasteiger partial charge on any atom is -0.481 e. The van der Waals surface area contributed by atoms with Crippen LogP contribution in [0.1, 0.15) is 112 Å². The summed E-state index contributed by atoms with van der Waals surface area (Å²) in [5, 5.41) is 32.0. The van der Waals surface area contributed by atoms with Crippen molar-refractivity contribution < 1.29 is 58.4 Å². The van der Waals surface area contributed by atoms with Gasteiger partial charge in [-0.25, -0.2) is 9.59 Å². The van der Waals surface area contributed by atoms with Crippen molar-refractivity contribution in [1.82, 2.24) is 19.4 Å². The first-order valence-corrected chi connectivity index (χ1v) is 23.2. The van der Waals surface area contributed by atoms with E-state index in [1.165, 1.54) is 16.1 Å². The fraction of sp³-hybridized carbons (Fsp3) is 0.426. The number of carboxylic acid groups (broad SMARTS) is 1. The predicted octanol–water partition coefficient (Wildman–Crippen LogP) is 9.15. The number of para-hydroxylation sites is 3. The molecule has 5 N–H and O–H groups in total. The van der Waals surface area contributed by atoms with Crippen molar-refractivity contribution in [2.45, 2.75) is 131 Å². The molecule has 16 nitrogen and oxygen atoms in total. The highest BCUT2D eigenvalue weighted by atomic mass is 16.6. The van der Waals surface area contributed by atoms with Crippen LogP contribution in [0, 0.1) is 5.92 Å². The van der Waals surface area contributed by atoms with E-state index < -0.39 is 35.4 Å². The van der Waals surface area contributed by atoms with Crippen LogP contribution in [0.3, 0.4) is 0 Å². The Balaban J connectivity index is 0.000000268. The molecule has 2 atom stereocenters. The lowest BCUT2D eigenvalue weighted by atomic mass is 10.1. The molecule has 0 spiro atoms. The number of rotatable bonds is 15. The van der Waals surface area contributed by atoms with Gasteiger partial charge in [0.05, 0.1) is 36.5 Å². The fourth-order valence-electron chi connectivity index (χ4n) is 6.99. The zero-order valence-corrected chi connectivity index (χ0v) is 42.1. The Labute approximate surface area is 409 Å². The van der Waals surface area contributed by atoms with Crippen LogP contribution in [-0.4, -0.2) is 101 Å². The van der Waals surface area contributed by atoms with Crippen LogP contribution in [0.25, 0.3) is 32.7 Å². The summed E-state index contributed by atoms with van der Waals surface area (Å²) < 4.78 is 13.7. The molecular formula is C54H70N4O12. The predicted molar refractivity (Wildman–Crippen MR) is 270 cm³/mol. The second-order valence-corrected chi connectivity index (χ2v) is 19.2. The molecule has 0 radical (unpaired) electrons. The molecule has 0 fully saturated rings. The highest BCUT2D eigenvalue weighted by Crippen LogP contribution is 2.25. The van der Waals surface area contributed by atoms with Gasteiger partial charge in [0.2, 0.25) is 5.91 Å². The van der Waals surface area contributed by atoms with Gasteiger partial charge in [-0.05, 0) is 116 Å². The van der Waals surface area contributed by atoms with Crippen molar-refractivity contribution in [3.63, 3.8) is 0 Å². The first kappa shape index (κ1) is 57.4. The topological polar surface area (TPSA) is 236 Å². The summed E-state index contributed by atoms with van der Waals surface area (Å²) in [5.74, 6) is -0.533. The minimum atomic E-state index is -0.801. The van der Waals surface area contributed by atoms with E-state index in [1.807, 2.05) is 94.4 Å². The number of H-pyrrole nitrogens is 1. The molecule has 378 valence electrons. The van der Waals surface area contributed by atoms with Crippen LogP contribution in [0.2, 0.25) is 0 Å². The number of hydrogen-bond donors (Lipinski definition) is 5. The molecule has 0 saturated carbocycles. The number of nitrogens with one attached hydrogen (secondary N) is 2. The quantitative estimate of drug-likeness (QED) is 0.0648. The van der Waals surface area contributed by atoms with E-state index in [4.69, 9.17) is 19.7 Å². The first-order valence-electron chi connectivity index (χ1n) is 23.2. The summed E-state index contributed by atoms with van der Waals surface area (Å²) in [6, 6.07) is 22.0. The molecule has 1 amide bonds. The highest BCUT2D eigenvalue weighted by Gasteiger charge is 2.23. The second-order valence-electron chi connectivity index (χ2n) is 19.2. The summed E-state index contributed by atoms with van der Waals surface area (Å²) >= 11 is 0. The number of ether oxygens (including phenoxy) is 2. The number of benzene rings is 3. The van der Waals surface area contributed by atoms with Crippen LogP contribution in [0.4, 0.5) is 9.59 Å². The summed E-state index contributed by atoms with van der Waals surface area (Å²) in [4.78, 5) is 83.6. The van der Waals surface area contributed by atoms with Gasteiger partial charge in [0.15, 0.2) is 0 Å². The van der Waals surface area contributed by atoms with Crippen LogP contribution >= 0.6 is 0 Å². The SMILES string of the molecule is CC(=O)CC[C@@H](CO)NC(=O)Cc1cn(C(=O)OC(C)(C)C)c2ccccc12.CC(=O)CC[C@H](C)CO.CC(=O)Cc1cn(C(=O)OC(C)(C)C)c2ccccc12.O=C(O)Cc1c[nH]c2ccccc12. The normalized spacial score (nSPS) is 12.0. The number of carbonyl (C=O) groups is 7. The van der Waals surface area contributed by atoms with Gasteiger partial charge < -0.3 is 44.7 Å². The van der Waals surface area contributed by atoms with E-state index >= 15 is 0 Å². The van der Waals surface area contributed by atoms with Gasteiger partial charge in [-0.2, -0.15) is 0 Å². The fourth-order valence-corrected chi connectivity index (χ4v) is 6.99. The average molecular weight is 967 g/mol. The lowest BCUT2D eigenvalue weighted by Gasteiger charge is -2.19. The molecule has 6 rings (SSSR count). The molecule has 6 aromatic rings. The van der Waals surface area contributed by atoms with E-state index in [0.717, 1.165) is 44.7 Å². The number of aliphatic hydroxyl groups is 2. The molecular weight excluding hydrogens is 897 g/mol. The van der Waals surface area contributed by atoms with Crippen LogP contribution in [0.5, 0.6) is 0 Å². The number of aromatic amines is 1. The van der Waals surface area contributed by atoms with E-state index in [1.54, 1.807) is 59.3 Å². The molecule has 0 aliphatic carbocycles. The van der Waals surface area contributed by atoms with Crippen molar-refractivity contribution in [3.8, 4) is 0 Å². The number of ketones is 3. The van der Waals surface area contributed by atoms with Gasteiger partial charge in [-0.1, -0.05) is 61.5 Å². The zero-order chi connectivity index (χ0) is 52.3. The van der Waals surface area contributed by atoms with Crippen LogP contribution in [0.15, 0.2) is 91.4 Å². The third kappa shape index (κ3) is 19.2. The molecule has 3 heterocycles. The Kier molecular flexibility index (Phi) is 21.9. The Hall–Kier alpha value is -6.91. The number of Topliss-reactive ketones (excluding diaryl/α,β-unsaturated/α-hetero) is 3. The van der Waals surface area contributed by atoms with Crippen LogP contribution in [-0.2, 0) is 52.7 Å². The summed E-state index contributed by atoms with van der Waals surface area (Å²) in [7, 11) is 0. The summed E-state index contributed by atoms with van der Waals surface area (Å²) in [5.41, 5.74) is 3.59. The van der Waals surface area contributed by atoms with Gasteiger partial charge in [-0.3, -0.25) is 23.5 Å². The molecule has 3 aromatic heterocycles. The number of aliphatic hydroxyl groups excluding tert-OH is 2. The zero-order valence-electron chi connectivity index (χ0n) is 42.1. The summed E-state index contributed by atoms with van der Waals surface area (Å²) in [6.07, 6.45) is 6.65. The lowest BCUT2D eigenvalue weighted by molar-refractivity contribution is -0.136. The lowest BCUT2D eigenvalue weighted by Crippen LogP contribution is -2.38. The molecule has 0 aliphatic heterocycles. The maximum Gasteiger partial charge on any atom is 0.419 e. The molecule has 0 aliphatic rings. The van der Waals surface area contributed by atoms with Gasteiger partial charge in [0.25, 0.3) is 0 Å². The van der Waals surface area contributed by atoms with E-state index in [-0.39, 0.29) is 55.2 Å². The van der Waals surface area contributed by atoms with E-state index in [0.29, 0.717) is 36.8 Å². The van der Waals surface area contributed by atoms with Gasteiger partial charge in [0.1, 0.15) is 28.6 Å². The largest absolute Gasteiger partial charge is 0.481 e. The van der Waals surface area contributed by atoms with E-state index in [9.17, 15) is 38.7 Å². The first-order chi connectivity index (χ1) is 32.8. The standard InChI is InChI=1S/C21H28N2O5.C16H19NO3.C10H9NO2.C7H14O2/c1-14(25)9-10-16(13-24)22-19(26)11-15-12-23(20(27)28-21(2,3)4)18-8-6-5-7-17(15)18;1-11(18)9-12-10-17(15(19)20-16(2,3)4)14-8-6-5-7-13(12)14;12-10(13)5-7-6-11-9-4-2-1-3-8(7)9;1-6(5-8)3-4-7(2)9/h5-8,12,16,24H,9-11,13H2,1-4H3,(H,22,26);5-8,10H,9H2,1-4H3;1-4,6,11H,5H2,(H,12,13);6,8H,3-5H2,1-2H3/t16-;;;6-/m0..0/s1. The van der Waals surface area contributed by atoms with Gasteiger partial charge in [0, 0.05) is 66.1 Å². The van der Waals surface area contributed by atoms with Crippen molar-refractivity contribution in [2.75, 3.05) is 13.2 Å². The number of aliphatic carboxylic acids is 1. The molecule has 0 bridgehead atoms.